The first-order valence-electron chi connectivity index (χ1n) is 9.65. The van der Waals surface area contributed by atoms with E-state index < -0.39 is 15.8 Å². The second-order valence-corrected chi connectivity index (χ2v) is 9.83. The summed E-state index contributed by atoms with van der Waals surface area (Å²) in [5.74, 6) is -0.766. The first-order chi connectivity index (χ1) is 13.3. The van der Waals surface area contributed by atoms with E-state index in [2.05, 4.69) is 0 Å². The average molecular weight is 433 g/mol. The fraction of sp³-hybridized carbons (Fsp3) is 0.632. The molecule has 1 aromatic rings. The lowest BCUT2D eigenvalue weighted by Crippen LogP contribution is -2.50. The Kier molecular flexibility index (Phi) is 6.96. The third-order valence-electron chi connectivity index (χ3n) is 5.28. The summed E-state index contributed by atoms with van der Waals surface area (Å²) in [6.07, 6.45) is 1.55. The van der Waals surface area contributed by atoms with E-state index in [1.54, 1.807) is 11.0 Å². The molecule has 0 N–H and O–H groups in total. The first-order valence-corrected chi connectivity index (χ1v) is 11.6. The molecule has 3 rings (SSSR count). The van der Waals surface area contributed by atoms with Gasteiger partial charge in [0.1, 0.15) is 11.9 Å². The molecule has 28 heavy (non-hydrogen) atoms. The van der Waals surface area contributed by atoms with E-state index in [1.807, 2.05) is 6.92 Å². The topological polar surface area (TPSA) is 66.9 Å². The number of hydrogen-bond acceptors (Lipinski definition) is 4. The smallest absolute Gasteiger partial charge is 0.227 e. The van der Waals surface area contributed by atoms with Crippen molar-refractivity contribution in [3.63, 3.8) is 0 Å². The van der Waals surface area contributed by atoms with Crippen LogP contribution in [0.5, 0.6) is 0 Å². The van der Waals surface area contributed by atoms with Crippen molar-refractivity contribution in [1.29, 1.82) is 0 Å². The highest BCUT2D eigenvalue weighted by Crippen LogP contribution is 2.28. The summed E-state index contributed by atoms with van der Waals surface area (Å²) in [5.41, 5.74) is 0.722. The zero-order valence-electron chi connectivity index (χ0n) is 15.9. The number of piperidine rings is 1. The highest BCUT2D eigenvalue weighted by molar-refractivity contribution is 7.89. The minimum Gasteiger partial charge on any atom is -0.370 e. The Morgan fingerprint density at radius 2 is 2.11 bits per heavy atom. The largest absolute Gasteiger partial charge is 0.370 e. The summed E-state index contributed by atoms with van der Waals surface area (Å²) >= 11 is 5.86. The molecule has 0 aromatic heterocycles. The minimum atomic E-state index is -3.31. The van der Waals surface area contributed by atoms with Crippen molar-refractivity contribution >= 4 is 27.5 Å². The Hall–Kier alpha value is -1.22. The number of carbonyl (C=O) groups excluding carboxylic acids is 1. The van der Waals surface area contributed by atoms with Gasteiger partial charge in [0.2, 0.25) is 15.9 Å². The van der Waals surface area contributed by atoms with Crippen LogP contribution in [0, 0.1) is 11.7 Å². The van der Waals surface area contributed by atoms with Crippen LogP contribution in [0.25, 0.3) is 0 Å². The van der Waals surface area contributed by atoms with Crippen molar-refractivity contribution in [3.8, 4) is 0 Å². The van der Waals surface area contributed by atoms with Gasteiger partial charge in [0, 0.05) is 19.6 Å². The molecule has 0 saturated carbocycles. The predicted octanol–water partition coefficient (Wildman–Crippen LogP) is 2.83. The van der Waals surface area contributed by atoms with Gasteiger partial charge >= 0.3 is 0 Å². The van der Waals surface area contributed by atoms with Gasteiger partial charge in [0.25, 0.3) is 0 Å². The zero-order chi connectivity index (χ0) is 20.3. The van der Waals surface area contributed by atoms with Crippen molar-refractivity contribution in [1.82, 2.24) is 9.21 Å². The minimum absolute atomic E-state index is 0.0219. The summed E-state index contributed by atoms with van der Waals surface area (Å²) in [4.78, 5) is 14.8. The van der Waals surface area contributed by atoms with Crippen molar-refractivity contribution < 1.29 is 22.3 Å². The van der Waals surface area contributed by atoms with E-state index in [1.165, 1.54) is 16.4 Å². The Morgan fingerprint density at radius 3 is 2.82 bits per heavy atom. The molecule has 156 valence electrons. The molecule has 2 unspecified atom stereocenters. The molecule has 0 bridgehead atoms. The lowest BCUT2D eigenvalue weighted by Gasteiger charge is -2.38. The maximum absolute atomic E-state index is 13.4. The maximum atomic E-state index is 13.4. The molecule has 1 amide bonds. The molecule has 0 aliphatic carbocycles. The van der Waals surface area contributed by atoms with Gasteiger partial charge in [-0.1, -0.05) is 24.6 Å². The zero-order valence-corrected chi connectivity index (χ0v) is 17.5. The van der Waals surface area contributed by atoms with E-state index in [0.717, 1.165) is 5.56 Å². The van der Waals surface area contributed by atoms with Crippen molar-refractivity contribution in [2.24, 2.45) is 5.92 Å². The maximum Gasteiger partial charge on any atom is 0.227 e. The number of morpholine rings is 1. The Labute approximate surface area is 170 Å². The van der Waals surface area contributed by atoms with E-state index >= 15 is 0 Å². The van der Waals surface area contributed by atoms with E-state index in [4.69, 9.17) is 16.3 Å². The molecule has 2 atom stereocenters. The van der Waals surface area contributed by atoms with Crippen LogP contribution in [0.4, 0.5) is 4.39 Å². The molecule has 2 aliphatic rings. The average Bonchev–Trinajstić information content (AvgIpc) is 2.69. The number of carbonyl (C=O) groups is 1. The van der Waals surface area contributed by atoms with Gasteiger partial charge in [-0.3, -0.25) is 4.79 Å². The monoisotopic (exact) mass is 432 g/mol. The highest BCUT2D eigenvalue weighted by Gasteiger charge is 2.35. The summed E-state index contributed by atoms with van der Waals surface area (Å²) in [5, 5.41) is 0.0219. The van der Waals surface area contributed by atoms with Crippen LogP contribution in [0.3, 0.4) is 0 Å². The van der Waals surface area contributed by atoms with Crippen LogP contribution in [0.15, 0.2) is 18.2 Å². The fourth-order valence-corrected chi connectivity index (χ4v) is 5.58. The van der Waals surface area contributed by atoms with E-state index in [9.17, 15) is 17.6 Å². The Bertz CT molecular complexity index is 820. The highest BCUT2D eigenvalue weighted by atomic mass is 35.5. The summed E-state index contributed by atoms with van der Waals surface area (Å²) in [6, 6.07) is 4.42. The summed E-state index contributed by atoms with van der Waals surface area (Å²) in [7, 11) is -3.31. The number of hydrogen-bond donors (Lipinski definition) is 0. The molecular formula is C19H26ClFN2O4S. The number of sulfonamides is 1. The van der Waals surface area contributed by atoms with Crippen molar-refractivity contribution in [2.45, 2.75) is 32.3 Å². The number of ether oxygens (including phenoxy) is 1. The summed E-state index contributed by atoms with van der Waals surface area (Å²) in [6.45, 7) is 3.73. The summed E-state index contributed by atoms with van der Waals surface area (Å²) < 4.78 is 45.4. The Morgan fingerprint density at radius 1 is 1.32 bits per heavy atom. The molecule has 2 fully saturated rings. The van der Waals surface area contributed by atoms with Gasteiger partial charge in [-0.15, -0.1) is 0 Å². The third-order valence-corrected chi connectivity index (χ3v) is 7.61. The van der Waals surface area contributed by atoms with Gasteiger partial charge in [0.05, 0.1) is 29.8 Å². The van der Waals surface area contributed by atoms with Crippen LogP contribution in [-0.2, 0) is 19.6 Å². The molecule has 6 nitrogen and oxygen atoms in total. The quantitative estimate of drug-likeness (QED) is 0.717. The molecule has 9 heteroatoms. The second kappa shape index (κ2) is 9.07. The van der Waals surface area contributed by atoms with Crippen LogP contribution >= 0.6 is 11.6 Å². The standard InChI is InChI=1S/C19H26ClFN2O4S/c1-2-10-28(25,26)23-7-3-4-15(12-23)19(24)22-8-9-27-18(13-22)14-5-6-17(21)16(20)11-14/h5-6,11,15,18H,2-4,7-10,12-13H2,1H3. The third kappa shape index (κ3) is 4.84. The fourth-order valence-electron chi connectivity index (χ4n) is 3.81. The van der Waals surface area contributed by atoms with Crippen LogP contribution < -0.4 is 0 Å². The number of amides is 1. The number of halogens is 2. The predicted molar refractivity (Wildman–Crippen MR) is 105 cm³/mol. The number of rotatable bonds is 5. The molecule has 2 aliphatic heterocycles. The van der Waals surface area contributed by atoms with Gasteiger partial charge in [-0.2, -0.15) is 0 Å². The first kappa shape index (κ1) is 21.5. The second-order valence-electron chi connectivity index (χ2n) is 7.33. The van der Waals surface area contributed by atoms with Crippen LogP contribution in [0.1, 0.15) is 37.9 Å². The molecular weight excluding hydrogens is 407 g/mol. The van der Waals surface area contributed by atoms with Gasteiger partial charge in [-0.25, -0.2) is 17.1 Å². The lowest BCUT2D eigenvalue weighted by atomic mass is 9.97. The van der Waals surface area contributed by atoms with E-state index in [0.29, 0.717) is 45.5 Å². The van der Waals surface area contributed by atoms with E-state index in [-0.39, 0.29) is 35.2 Å². The van der Waals surface area contributed by atoms with Gasteiger partial charge in [0.15, 0.2) is 0 Å². The van der Waals surface area contributed by atoms with Crippen LogP contribution in [-0.4, -0.2) is 62.1 Å². The lowest BCUT2D eigenvalue weighted by molar-refractivity contribution is -0.144. The molecule has 0 radical (unpaired) electrons. The molecule has 0 spiro atoms. The normalized spacial score (nSPS) is 24.3. The number of nitrogens with zero attached hydrogens (tertiary/aromatic N) is 2. The van der Waals surface area contributed by atoms with Crippen molar-refractivity contribution in [2.75, 3.05) is 38.5 Å². The molecule has 2 heterocycles. The SMILES string of the molecule is CCCS(=O)(=O)N1CCCC(C(=O)N2CCOC(c3ccc(F)c(Cl)c3)C2)C1. The number of benzene rings is 1. The molecule has 1 aromatic carbocycles. The van der Waals surface area contributed by atoms with Gasteiger partial charge in [-0.05, 0) is 37.0 Å². The van der Waals surface area contributed by atoms with Crippen LogP contribution in [0.2, 0.25) is 5.02 Å². The Balaban J connectivity index is 1.67. The van der Waals surface area contributed by atoms with Gasteiger partial charge < -0.3 is 9.64 Å². The van der Waals surface area contributed by atoms with Crippen molar-refractivity contribution in [3.05, 3.63) is 34.6 Å². The molecule has 2 saturated heterocycles.